The van der Waals surface area contributed by atoms with Crippen molar-refractivity contribution in [1.82, 2.24) is 10.2 Å². The maximum Gasteiger partial charge on any atom is 0.318 e. The molecule has 2 amide bonds. The predicted octanol–water partition coefficient (Wildman–Crippen LogP) is -0.414. The number of nitrogens with zero attached hydrogens (tertiary/aromatic N) is 1. The van der Waals surface area contributed by atoms with Gasteiger partial charge in [-0.1, -0.05) is 0 Å². The predicted molar refractivity (Wildman–Crippen MR) is 51.7 cm³/mol. The molecule has 0 saturated carbocycles. The Kier molecular flexibility index (Phi) is 1.99. The molecule has 80 valence electrons. The highest BCUT2D eigenvalue weighted by atomic mass is 32.2. The molecule has 0 aromatic carbocycles. The number of carbonyl (C=O) groups excluding carboxylic acids is 1. The zero-order chi connectivity index (χ0) is 10.5. The van der Waals surface area contributed by atoms with E-state index in [1.807, 2.05) is 13.8 Å². The van der Waals surface area contributed by atoms with Crippen molar-refractivity contribution in [3.63, 3.8) is 0 Å². The number of rotatable bonds is 1. The number of carbonyl (C=O) groups is 1. The Morgan fingerprint density at radius 3 is 2.64 bits per heavy atom. The summed E-state index contributed by atoms with van der Waals surface area (Å²) in [5.74, 6) is 0.196. The first-order chi connectivity index (χ1) is 6.41. The number of sulfone groups is 1. The van der Waals surface area contributed by atoms with Crippen LogP contribution in [-0.2, 0) is 9.84 Å². The van der Waals surface area contributed by atoms with Crippen molar-refractivity contribution in [2.45, 2.75) is 32.0 Å². The van der Waals surface area contributed by atoms with Gasteiger partial charge < -0.3 is 10.2 Å². The Morgan fingerprint density at radius 1 is 1.43 bits per heavy atom. The minimum absolute atomic E-state index is 0.0540. The summed E-state index contributed by atoms with van der Waals surface area (Å²) in [6.07, 6.45) is 0. The fourth-order valence-electron chi connectivity index (χ4n) is 2.24. The van der Waals surface area contributed by atoms with Crippen molar-refractivity contribution < 1.29 is 13.2 Å². The molecule has 0 aromatic rings. The second kappa shape index (κ2) is 2.85. The first kappa shape index (κ1) is 9.76. The Hall–Kier alpha value is -0.780. The Morgan fingerprint density at radius 2 is 2.07 bits per heavy atom. The normalized spacial score (nSPS) is 34.8. The molecule has 2 fully saturated rings. The van der Waals surface area contributed by atoms with Crippen molar-refractivity contribution in [2.24, 2.45) is 0 Å². The molecule has 1 N–H and O–H groups in total. The maximum atomic E-state index is 11.5. The van der Waals surface area contributed by atoms with Gasteiger partial charge in [0.25, 0.3) is 0 Å². The van der Waals surface area contributed by atoms with E-state index in [1.54, 1.807) is 4.90 Å². The summed E-state index contributed by atoms with van der Waals surface area (Å²) in [7, 11) is -2.95. The monoisotopic (exact) mass is 218 g/mol. The molecule has 0 aromatic heterocycles. The van der Waals surface area contributed by atoms with Gasteiger partial charge in [-0.2, -0.15) is 0 Å². The van der Waals surface area contributed by atoms with Crippen LogP contribution in [0.25, 0.3) is 0 Å². The van der Waals surface area contributed by atoms with Crippen LogP contribution in [0.15, 0.2) is 0 Å². The number of amides is 2. The van der Waals surface area contributed by atoms with Gasteiger partial charge in [-0.25, -0.2) is 13.2 Å². The molecular weight excluding hydrogens is 204 g/mol. The summed E-state index contributed by atoms with van der Waals surface area (Å²) in [6.45, 7) is 3.79. The first-order valence-corrected chi connectivity index (χ1v) is 6.52. The molecule has 0 aliphatic carbocycles. The summed E-state index contributed by atoms with van der Waals surface area (Å²) < 4.78 is 22.7. The number of urea groups is 1. The van der Waals surface area contributed by atoms with Crippen molar-refractivity contribution in [3.8, 4) is 0 Å². The molecule has 5 nitrogen and oxygen atoms in total. The van der Waals surface area contributed by atoms with Crippen LogP contribution in [0, 0.1) is 0 Å². The van der Waals surface area contributed by atoms with Gasteiger partial charge in [-0.05, 0) is 13.8 Å². The van der Waals surface area contributed by atoms with Crippen molar-refractivity contribution in [3.05, 3.63) is 0 Å². The van der Waals surface area contributed by atoms with E-state index in [0.717, 1.165) is 0 Å². The lowest BCUT2D eigenvalue weighted by Gasteiger charge is -2.25. The van der Waals surface area contributed by atoms with Crippen LogP contribution < -0.4 is 5.32 Å². The van der Waals surface area contributed by atoms with E-state index in [0.29, 0.717) is 0 Å². The molecule has 6 heteroatoms. The molecule has 2 atom stereocenters. The van der Waals surface area contributed by atoms with Crippen molar-refractivity contribution >= 4 is 15.9 Å². The van der Waals surface area contributed by atoms with Gasteiger partial charge >= 0.3 is 6.03 Å². The van der Waals surface area contributed by atoms with E-state index < -0.39 is 9.84 Å². The highest BCUT2D eigenvalue weighted by Gasteiger charge is 2.49. The lowest BCUT2D eigenvalue weighted by Crippen LogP contribution is -2.41. The van der Waals surface area contributed by atoms with Crippen LogP contribution >= 0.6 is 0 Å². The highest BCUT2D eigenvalue weighted by Crippen LogP contribution is 2.25. The summed E-state index contributed by atoms with van der Waals surface area (Å²) in [5.41, 5.74) is 0. The molecule has 0 radical (unpaired) electrons. The van der Waals surface area contributed by atoms with Gasteiger partial charge in [-0.15, -0.1) is 0 Å². The standard InChI is InChI=1S/C8H14N2O3S/c1-5(2)10-7-4-14(12,13)3-6(7)9-8(10)11/h5-7H,3-4H2,1-2H3,(H,9,11)/t6-,7+/m1/s1. The van der Waals surface area contributed by atoms with Gasteiger partial charge in [0.2, 0.25) is 0 Å². The van der Waals surface area contributed by atoms with Gasteiger partial charge in [0.1, 0.15) is 0 Å². The average molecular weight is 218 g/mol. The zero-order valence-corrected chi connectivity index (χ0v) is 9.04. The van der Waals surface area contributed by atoms with Gasteiger partial charge in [-0.3, -0.25) is 0 Å². The average Bonchev–Trinajstić information content (AvgIpc) is 2.37. The second-order valence-corrected chi connectivity index (χ2v) is 6.36. The molecule has 2 heterocycles. The number of fused-ring (bicyclic) bond motifs is 1. The third-order valence-corrected chi connectivity index (χ3v) is 4.50. The molecule has 2 rings (SSSR count). The molecule has 0 unspecified atom stereocenters. The van der Waals surface area contributed by atoms with Crippen LogP contribution in [0.1, 0.15) is 13.8 Å². The van der Waals surface area contributed by atoms with Gasteiger partial charge in [0.15, 0.2) is 9.84 Å². The minimum atomic E-state index is -2.95. The molecule has 0 spiro atoms. The zero-order valence-electron chi connectivity index (χ0n) is 8.23. The Bertz CT molecular complexity index is 363. The van der Waals surface area contributed by atoms with E-state index in [1.165, 1.54) is 0 Å². The number of nitrogens with one attached hydrogen (secondary N) is 1. The van der Waals surface area contributed by atoms with E-state index in [-0.39, 0.29) is 35.7 Å². The highest BCUT2D eigenvalue weighted by molar-refractivity contribution is 7.91. The number of hydrogen-bond donors (Lipinski definition) is 1. The van der Waals surface area contributed by atoms with Crippen molar-refractivity contribution in [1.29, 1.82) is 0 Å². The number of hydrogen-bond acceptors (Lipinski definition) is 3. The van der Waals surface area contributed by atoms with Gasteiger partial charge in [0.05, 0.1) is 23.6 Å². The SMILES string of the molecule is CC(C)N1C(=O)N[C@@H]2CS(=O)(=O)C[C@@H]21. The van der Waals surface area contributed by atoms with E-state index in [4.69, 9.17) is 0 Å². The summed E-state index contributed by atoms with van der Waals surface area (Å²) >= 11 is 0. The van der Waals surface area contributed by atoms with Crippen molar-refractivity contribution in [2.75, 3.05) is 11.5 Å². The summed E-state index contributed by atoms with van der Waals surface area (Å²) in [4.78, 5) is 13.1. The van der Waals surface area contributed by atoms with E-state index in [2.05, 4.69) is 5.32 Å². The molecule has 2 saturated heterocycles. The van der Waals surface area contributed by atoms with Crippen LogP contribution in [0.5, 0.6) is 0 Å². The smallest absolute Gasteiger partial charge is 0.318 e. The molecule has 2 aliphatic heterocycles. The van der Waals surface area contributed by atoms with E-state index >= 15 is 0 Å². The van der Waals surface area contributed by atoms with Crippen LogP contribution in [-0.4, -0.2) is 49.0 Å². The topological polar surface area (TPSA) is 66.5 Å². The quantitative estimate of drug-likeness (QED) is 0.608. The third kappa shape index (κ3) is 1.37. The molecular formula is C8H14N2O3S. The lowest BCUT2D eigenvalue weighted by atomic mass is 10.1. The fourth-order valence-corrected chi connectivity index (χ4v) is 4.14. The molecule has 0 bridgehead atoms. The third-order valence-electron chi connectivity index (χ3n) is 2.78. The molecule has 2 aliphatic rings. The van der Waals surface area contributed by atoms with Crippen LogP contribution in [0.4, 0.5) is 4.79 Å². The largest absolute Gasteiger partial charge is 0.332 e. The van der Waals surface area contributed by atoms with Crippen LogP contribution in [0.3, 0.4) is 0 Å². The minimum Gasteiger partial charge on any atom is -0.332 e. The summed E-state index contributed by atoms with van der Waals surface area (Å²) in [6, 6.07) is -0.439. The lowest BCUT2D eigenvalue weighted by molar-refractivity contribution is 0.190. The Labute approximate surface area is 83.4 Å². The maximum absolute atomic E-state index is 11.5. The second-order valence-electron chi connectivity index (χ2n) is 4.20. The first-order valence-electron chi connectivity index (χ1n) is 4.70. The fraction of sp³-hybridized carbons (Fsp3) is 0.875. The van der Waals surface area contributed by atoms with Gasteiger partial charge in [0, 0.05) is 6.04 Å². The Balaban J connectivity index is 2.26. The molecule has 14 heavy (non-hydrogen) atoms. The summed E-state index contributed by atoms with van der Waals surface area (Å²) in [5, 5.41) is 2.71. The van der Waals surface area contributed by atoms with E-state index in [9.17, 15) is 13.2 Å². The van der Waals surface area contributed by atoms with Crippen LogP contribution in [0.2, 0.25) is 0 Å².